The quantitative estimate of drug-likeness (QED) is 0.911. The third-order valence-corrected chi connectivity index (χ3v) is 3.15. The monoisotopic (exact) mass is 318 g/mol. The van der Waals surface area contributed by atoms with E-state index < -0.39 is 24.1 Å². The normalized spacial score (nSPS) is 19.6. The van der Waals surface area contributed by atoms with E-state index in [1.807, 2.05) is 0 Å². The Morgan fingerprint density at radius 1 is 1.56 bits per heavy atom. The van der Waals surface area contributed by atoms with Crippen LogP contribution in [0.1, 0.15) is 12.5 Å². The lowest BCUT2D eigenvalue weighted by Gasteiger charge is -2.27. The maximum absolute atomic E-state index is 13.4. The first-order chi connectivity index (χ1) is 8.40. The minimum atomic E-state index is -1.49. The fourth-order valence-electron chi connectivity index (χ4n) is 1.78. The van der Waals surface area contributed by atoms with E-state index in [2.05, 4.69) is 15.9 Å². The van der Waals surface area contributed by atoms with E-state index in [-0.39, 0.29) is 16.9 Å². The van der Waals surface area contributed by atoms with Gasteiger partial charge >= 0.3 is 5.97 Å². The van der Waals surface area contributed by atoms with Gasteiger partial charge < -0.3 is 9.84 Å². The molecule has 0 fully saturated rings. The molecular formula is C12H9BrF2O3. The molecule has 1 aromatic carbocycles. The van der Waals surface area contributed by atoms with E-state index in [4.69, 9.17) is 9.84 Å². The Balaban J connectivity index is 2.58. The van der Waals surface area contributed by atoms with Crippen LogP contribution < -0.4 is 4.74 Å². The molecule has 1 aliphatic heterocycles. The fourth-order valence-corrected chi connectivity index (χ4v) is 2.32. The summed E-state index contributed by atoms with van der Waals surface area (Å²) < 4.78 is 32.2. The molecule has 1 N–H and O–H groups in total. The lowest BCUT2D eigenvalue weighted by molar-refractivity contribution is -0.134. The van der Waals surface area contributed by atoms with Gasteiger partial charge in [-0.2, -0.15) is 0 Å². The van der Waals surface area contributed by atoms with Gasteiger partial charge in [0.15, 0.2) is 6.10 Å². The van der Waals surface area contributed by atoms with Crippen molar-refractivity contribution >= 4 is 28.0 Å². The molecular weight excluding hydrogens is 310 g/mol. The Hall–Kier alpha value is -1.43. The zero-order valence-electron chi connectivity index (χ0n) is 9.28. The molecule has 1 aromatic rings. The molecule has 1 aliphatic rings. The molecule has 3 nitrogen and oxygen atoms in total. The summed E-state index contributed by atoms with van der Waals surface area (Å²) in [6.45, 7) is 1.21. The van der Waals surface area contributed by atoms with E-state index in [1.54, 1.807) is 0 Å². The van der Waals surface area contributed by atoms with Crippen LogP contribution in [0.3, 0.4) is 0 Å². The molecule has 0 aromatic heterocycles. The molecule has 0 spiro atoms. The van der Waals surface area contributed by atoms with Crippen molar-refractivity contribution in [1.82, 2.24) is 0 Å². The summed E-state index contributed by atoms with van der Waals surface area (Å²) in [6.07, 6.45) is -1.45. The first kappa shape index (κ1) is 13.0. The molecule has 1 heterocycles. The van der Waals surface area contributed by atoms with Crippen molar-refractivity contribution in [2.75, 3.05) is 0 Å². The Labute approximate surface area is 110 Å². The molecule has 2 unspecified atom stereocenters. The van der Waals surface area contributed by atoms with Gasteiger partial charge in [0, 0.05) is 5.56 Å². The van der Waals surface area contributed by atoms with Crippen molar-refractivity contribution < 1.29 is 23.4 Å². The van der Waals surface area contributed by atoms with Crippen molar-refractivity contribution in [1.29, 1.82) is 0 Å². The third kappa shape index (κ3) is 2.25. The number of ether oxygens (including phenoxy) is 1. The van der Waals surface area contributed by atoms with Gasteiger partial charge in [-0.3, -0.25) is 0 Å². The number of carboxylic acids is 1. The number of hydrogen-bond acceptors (Lipinski definition) is 2. The van der Waals surface area contributed by atoms with Gasteiger partial charge in [0.1, 0.15) is 17.7 Å². The average molecular weight is 319 g/mol. The van der Waals surface area contributed by atoms with Crippen molar-refractivity contribution in [2.45, 2.75) is 19.2 Å². The molecule has 2 atom stereocenters. The Kier molecular flexibility index (Phi) is 3.38. The van der Waals surface area contributed by atoms with Gasteiger partial charge in [0.25, 0.3) is 0 Å². The van der Waals surface area contributed by atoms with E-state index in [1.165, 1.54) is 19.1 Å². The summed E-state index contributed by atoms with van der Waals surface area (Å²) in [7, 11) is 0. The van der Waals surface area contributed by atoms with Gasteiger partial charge in [-0.05, 0) is 41.1 Å². The first-order valence-corrected chi connectivity index (χ1v) is 5.94. The van der Waals surface area contributed by atoms with Crippen LogP contribution in [0.2, 0.25) is 0 Å². The molecule has 96 valence electrons. The zero-order chi connectivity index (χ0) is 13.4. The highest BCUT2D eigenvalue weighted by Crippen LogP contribution is 2.38. The second-order valence-electron chi connectivity index (χ2n) is 3.93. The number of halogens is 3. The summed E-state index contributed by atoms with van der Waals surface area (Å²) in [5, 5.41) is 9.00. The second kappa shape index (κ2) is 4.68. The maximum Gasteiger partial charge on any atom is 0.335 e. The number of benzene rings is 1. The minimum absolute atomic E-state index is 0.227. The average Bonchev–Trinajstić information content (AvgIpc) is 2.26. The highest BCUT2D eigenvalue weighted by atomic mass is 79.9. The SMILES string of the molecule is CC(F)C1Oc2c(Br)cc(F)cc2C=C1C(=O)O. The van der Waals surface area contributed by atoms with E-state index in [0.29, 0.717) is 4.47 Å². The molecule has 6 heteroatoms. The lowest BCUT2D eigenvalue weighted by Crippen LogP contribution is -2.34. The third-order valence-electron chi connectivity index (χ3n) is 2.56. The Morgan fingerprint density at radius 2 is 2.22 bits per heavy atom. The van der Waals surface area contributed by atoms with Gasteiger partial charge in [-0.1, -0.05) is 0 Å². The minimum Gasteiger partial charge on any atom is -0.481 e. The first-order valence-electron chi connectivity index (χ1n) is 5.15. The number of alkyl halides is 1. The number of aliphatic carboxylic acids is 1. The number of fused-ring (bicyclic) bond motifs is 1. The lowest BCUT2D eigenvalue weighted by atomic mass is 9.99. The van der Waals surface area contributed by atoms with E-state index in [0.717, 1.165) is 6.07 Å². The standard InChI is InChI=1S/C12H9BrF2O3/c1-5(14)10-8(12(16)17)3-6-2-7(15)4-9(13)11(6)18-10/h2-5,10H,1H3,(H,16,17). The fraction of sp³-hybridized carbons (Fsp3) is 0.250. The second-order valence-corrected chi connectivity index (χ2v) is 4.78. The van der Waals surface area contributed by atoms with Gasteiger partial charge in [0.2, 0.25) is 0 Å². The van der Waals surface area contributed by atoms with E-state index in [9.17, 15) is 13.6 Å². The van der Waals surface area contributed by atoms with Crippen LogP contribution in [-0.4, -0.2) is 23.4 Å². The summed E-state index contributed by atoms with van der Waals surface area (Å²) in [5.74, 6) is -1.57. The van der Waals surface area contributed by atoms with Crippen LogP contribution in [-0.2, 0) is 4.79 Å². The van der Waals surface area contributed by atoms with Crippen molar-refractivity contribution in [3.63, 3.8) is 0 Å². The molecule has 0 saturated heterocycles. The topological polar surface area (TPSA) is 46.5 Å². The number of carboxylic acid groups (broad SMARTS) is 1. The molecule has 0 bridgehead atoms. The van der Waals surface area contributed by atoms with Crippen LogP contribution in [0.4, 0.5) is 8.78 Å². The summed E-state index contributed by atoms with van der Waals surface area (Å²) in [4.78, 5) is 11.0. The van der Waals surface area contributed by atoms with Crippen LogP contribution in [0.25, 0.3) is 6.08 Å². The molecule has 0 saturated carbocycles. The maximum atomic E-state index is 13.4. The van der Waals surface area contributed by atoms with Crippen molar-refractivity contribution in [2.24, 2.45) is 0 Å². The van der Waals surface area contributed by atoms with Crippen LogP contribution in [0.15, 0.2) is 22.2 Å². The summed E-state index contributed by atoms with van der Waals surface area (Å²) in [5.41, 5.74) is 0.0474. The molecule has 18 heavy (non-hydrogen) atoms. The van der Waals surface area contributed by atoms with Gasteiger partial charge in [-0.15, -0.1) is 0 Å². The molecule has 0 amide bonds. The zero-order valence-corrected chi connectivity index (χ0v) is 10.9. The molecule has 0 radical (unpaired) electrons. The number of hydrogen-bond donors (Lipinski definition) is 1. The summed E-state index contributed by atoms with van der Waals surface area (Å²) in [6, 6.07) is 2.32. The van der Waals surface area contributed by atoms with Crippen LogP contribution in [0, 0.1) is 5.82 Å². The van der Waals surface area contributed by atoms with Crippen LogP contribution >= 0.6 is 15.9 Å². The summed E-state index contributed by atoms with van der Waals surface area (Å²) >= 11 is 3.10. The highest BCUT2D eigenvalue weighted by Gasteiger charge is 2.33. The predicted molar refractivity (Wildman–Crippen MR) is 64.7 cm³/mol. The van der Waals surface area contributed by atoms with Crippen molar-refractivity contribution in [3.05, 3.63) is 33.6 Å². The highest BCUT2D eigenvalue weighted by molar-refractivity contribution is 9.10. The number of carbonyl (C=O) groups is 1. The Bertz CT molecular complexity index is 540. The number of rotatable bonds is 2. The Morgan fingerprint density at radius 3 is 2.78 bits per heavy atom. The molecule has 0 aliphatic carbocycles. The molecule has 2 rings (SSSR count). The predicted octanol–water partition coefficient (Wildman–Crippen LogP) is 3.18. The largest absolute Gasteiger partial charge is 0.481 e. The van der Waals surface area contributed by atoms with Gasteiger partial charge in [-0.25, -0.2) is 13.6 Å². The van der Waals surface area contributed by atoms with Crippen LogP contribution in [0.5, 0.6) is 5.75 Å². The van der Waals surface area contributed by atoms with Gasteiger partial charge in [0.05, 0.1) is 10.0 Å². The smallest absolute Gasteiger partial charge is 0.335 e. The van der Waals surface area contributed by atoms with Crippen molar-refractivity contribution in [3.8, 4) is 5.75 Å². The van der Waals surface area contributed by atoms with E-state index >= 15 is 0 Å².